The molecule has 1 aliphatic rings. The fraction of sp³-hybridized carbons (Fsp3) is 0.323. The summed E-state index contributed by atoms with van der Waals surface area (Å²) in [7, 11) is 1.64. The first kappa shape index (κ1) is 25.4. The van der Waals surface area contributed by atoms with Gasteiger partial charge >= 0.3 is 5.97 Å². The van der Waals surface area contributed by atoms with E-state index >= 15 is 0 Å². The van der Waals surface area contributed by atoms with E-state index in [2.05, 4.69) is 39.8 Å². The Morgan fingerprint density at radius 3 is 2.17 bits per heavy atom. The van der Waals surface area contributed by atoms with Crippen LogP contribution < -0.4 is 9.47 Å². The van der Waals surface area contributed by atoms with Crippen LogP contribution in [-0.4, -0.2) is 23.3 Å². The van der Waals surface area contributed by atoms with Crippen molar-refractivity contribution in [3.63, 3.8) is 0 Å². The van der Waals surface area contributed by atoms with Crippen LogP contribution in [0.3, 0.4) is 0 Å². The largest absolute Gasteiger partial charge is 0.507 e. The van der Waals surface area contributed by atoms with E-state index in [-0.39, 0.29) is 16.6 Å². The van der Waals surface area contributed by atoms with Crippen LogP contribution in [-0.2, 0) is 22.2 Å². The molecule has 0 saturated heterocycles. The molecule has 4 rings (SSSR count). The molecule has 5 heteroatoms. The number of benzene rings is 3. The predicted molar refractivity (Wildman–Crippen MR) is 143 cm³/mol. The third-order valence-electron chi connectivity index (χ3n) is 7.24. The number of carbonyl (C=O) groups is 1. The summed E-state index contributed by atoms with van der Waals surface area (Å²) in [4.78, 5) is 11.0. The number of aliphatic carboxylic acids is 1. The monoisotopic (exact) mass is 486 g/mol. The molecule has 0 bridgehead atoms. The maximum atomic E-state index is 11.0. The Hall–Kier alpha value is -3.73. The lowest BCUT2D eigenvalue weighted by atomic mass is 9.62. The number of methoxy groups -OCH3 is 1. The molecule has 0 radical (unpaired) electrons. The van der Waals surface area contributed by atoms with Gasteiger partial charge in [-0.15, -0.1) is 0 Å². The van der Waals surface area contributed by atoms with E-state index < -0.39 is 5.97 Å². The van der Waals surface area contributed by atoms with Crippen molar-refractivity contribution in [2.75, 3.05) is 7.11 Å². The first-order valence-electron chi connectivity index (χ1n) is 12.2. The van der Waals surface area contributed by atoms with Crippen LogP contribution in [0, 0.1) is 0 Å². The lowest BCUT2D eigenvalue weighted by Crippen LogP contribution is -2.33. The van der Waals surface area contributed by atoms with E-state index in [1.807, 2.05) is 24.3 Å². The van der Waals surface area contributed by atoms with Gasteiger partial charge in [0.2, 0.25) is 0 Å². The molecule has 3 aromatic carbocycles. The zero-order valence-electron chi connectivity index (χ0n) is 21.6. The average molecular weight is 487 g/mol. The molecule has 0 aliphatic heterocycles. The van der Waals surface area contributed by atoms with Crippen LogP contribution >= 0.6 is 0 Å². The Bertz CT molecular complexity index is 1300. The van der Waals surface area contributed by atoms with Gasteiger partial charge in [-0.2, -0.15) is 0 Å². The van der Waals surface area contributed by atoms with Crippen molar-refractivity contribution in [1.82, 2.24) is 0 Å². The van der Waals surface area contributed by atoms with E-state index in [1.165, 1.54) is 17.2 Å². The number of aromatic hydroxyl groups is 1. The van der Waals surface area contributed by atoms with E-state index in [9.17, 15) is 9.90 Å². The molecule has 188 valence electrons. The van der Waals surface area contributed by atoms with Crippen molar-refractivity contribution in [2.45, 2.75) is 58.0 Å². The Balaban J connectivity index is 1.84. The van der Waals surface area contributed by atoms with Crippen LogP contribution in [0.15, 0.2) is 60.7 Å². The molecule has 0 atom stereocenters. The van der Waals surface area contributed by atoms with Gasteiger partial charge in [0, 0.05) is 17.2 Å². The number of fused-ring (bicyclic) bond motifs is 1. The van der Waals surface area contributed by atoms with Crippen molar-refractivity contribution in [3.8, 4) is 28.4 Å². The van der Waals surface area contributed by atoms with Gasteiger partial charge in [0.25, 0.3) is 0 Å². The molecule has 0 spiro atoms. The van der Waals surface area contributed by atoms with E-state index in [0.29, 0.717) is 23.5 Å². The minimum Gasteiger partial charge on any atom is -0.507 e. The normalized spacial score (nSPS) is 15.9. The maximum absolute atomic E-state index is 11.0. The molecule has 36 heavy (non-hydrogen) atoms. The Morgan fingerprint density at radius 1 is 0.917 bits per heavy atom. The zero-order valence-corrected chi connectivity index (χ0v) is 21.6. The first-order valence-corrected chi connectivity index (χ1v) is 12.2. The highest BCUT2D eigenvalue weighted by molar-refractivity contribution is 5.86. The third kappa shape index (κ3) is 5.25. The fourth-order valence-electron chi connectivity index (χ4n) is 4.85. The van der Waals surface area contributed by atoms with Crippen molar-refractivity contribution < 1.29 is 24.5 Å². The lowest BCUT2D eigenvalue weighted by molar-refractivity contribution is -0.131. The van der Waals surface area contributed by atoms with Gasteiger partial charge in [-0.05, 0) is 88.4 Å². The number of hydrogen-bond acceptors (Lipinski definition) is 4. The molecule has 0 unspecified atom stereocenters. The molecule has 0 saturated carbocycles. The molecule has 0 aromatic heterocycles. The van der Waals surface area contributed by atoms with Gasteiger partial charge in [-0.3, -0.25) is 0 Å². The summed E-state index contributed by atoms with van der Waals surface area (Å²) in [5, 5.41) is 19.9. The van der Waals surface area contributed by atoms with Gasteiger partial charge in [0.15, 0.2) is 0 Å². The van der Waals surface area contributed by atoms with E-state index in [1.54, 1.807) is 25.3 Å². The lowest BCUT2D eigenvalue weighted by Gasteiger charge is -2.42. The second-order valence-electron chi connectivity index (χ2n) is 10.7. The van der Waals surface area contributed by atoms with Crippen LogP contribution in [0.25, 0.3) is 17.2 Å². The number of phenols is 1. The van der Waals surface area contributed by atoms with Gasteiger partial charge in [-0.1, -0.05) is 45.9 Å². The Labute approximate surface area is 213 Å². The van der Waals surface area contributed by atoms with Crippen LogP contribution in [0.5, 0.6) is 17.2 Å². The summed E-state index contributed by atoms with van der Waals surface area (Å²) in [6.45, 7) is 9.41. The smallest absolute Gasteiger partial charge is 0.328 e. The average Bonchev–Trinajstić information content (AvgIpc) is 2.85. The summed E-state index contributed by atoms with van der Waals surface area (Å²) in [6, 6.07) is 17.1. The molecular formula is C31H34O5. The SMILES string of the molecule is COc1ccc(COc2cc3c(cc2-c2cc(/C=C/C(=O)O)ccc2O)C(C)(C)CCC3(C)C)cc1. The van der Waals surface area contributed by atoms with E-state index in [4.69, 9.17) is 14.6 Å². The summed E-state index contributed by atoms with van der Waals surface area (Å²) >= 11 is 0. The highest BCUT2D eigenvalue weighted by Gasteiger charge is 2.38. The molecule has 3 aromatic rings. The number of ether oxygens (including phenoxy) is 2. The summed E-state index contributed by atoms with van der Waals surface area (Å²) in [5.41, 5.74) is 5.56. The standard InChI is InChI=1S/C31H34O5/c1-30(2)14-15-31(3,4)26-18-28(36-19-21-6-10-22(35-5)11-7-21)24(17-25(26)30)23-16-20(8-12-27(23)32)9-13-29(33)34/h6-13,16-18,32H,14-15,19H2,1-5H3,(H,33,34)/b13-9+. The molecular weight excluding hydrogens is 452 g/mol. The Kier molecular flexibility index (Phi) is 6.85. The summed E-state index contributed by atoms with van der Waals surface area (Å²) < 4.78 is 11.7. The molecule has 5 nitrogen and oxygen atoms in total. The molecule has 0 heterocycles. The molecule has 0 amide bonds. The number of rotatable bonds is 7. The molecule has 1 aliphatic carbocycles. The van der Waals surface area contributed by atoms with Crippen molar-refractivity contribution in [3.05, 3.63) is 82.9 Å². The van der Waals surface area contributed by atoms with Crippen LogP contribution in [0.1, 0.15) is 62.8 Å². The van der Waals surface area contributed by atoms with Gasteiger partial charge in [-0.25, -0.2) is 4.79 Å². The van der Waals surface area contributed by atoms with Crippen molar-refractivity contribution in [1.29, 1.82) is 0 Å². The van der Waals surface area contributed by atoms with Gasteiger partial charge in [0.1, 0.15) is 23.9 Å². The topological polar surface area (TPSA) is 76.0 Å². The number of carboxylic acids is 1. The Morgan fingerprint density at radius 2 is 1.56 bits per heavy atom. The number of hydrogen-bond donors (Lipinski definition) is 2. The highest BCUT2D eigenvalue weighted by atomic mass is 16.5. The van der Waals surface area contributed by atoms with Crippen molar-refractivity contribution >= 4 is 12.0 Å². The van der Waals surface area contributed by atoms with Crippen molar-refractivity contribution in [2.24, 2.45) is 0 Å². The van der Waals surface area contributed by atoms with Crippen LogP contribution in [0.2, 0.25) is 0 Å². The molecule has 2 N–H and O–H groups in total. The maximum Gasteiger partial charge on any atom is 0.328 e. The van der Waals surface area contributed by atoms with Gasteiger partial charge < -0.3 is 19.7 Å². The fourth-order valence-corrected chi connectivity index (χ4v) is 4.85. The quantitative estimate of drug-likeness (QED) is 0.349. The van der Waals surface area contributed by atoms with E-state index in [0.717, 1.165) is 35.8 Å². The predicted octanol–water partition coefficient (Wildman–Crippen LogP) is 7.09. The van der Waals surface area contributed by atoms with Gasteiger partial charge in [0.05, 0.1) is 7.11 Å². The zero-order chi connectivity index (χ0) is 26.1. The number of phenolic OH excluding ortho intramolecular Hbond substituents is 1. The second-order valence-corrected chi connectivity index (χ2v) is 10.7. The van der Waals surface area contributed by atoms with Crippen LogP contribution in [0.4, 0.5) is 0 Å². The third-order valence-corrected chi connectivity index (χ3v) is 7.24. The summed E-state index contributed by atoms with van der Waals surface area (Å²) in [6.07, 6.45) is 4.75. The second kappa shape index (κ2) is 9.73. The minimum atomic E-state index is -1.02. The molecule has 0 fully saturated rings. The minimum absolute atomic E-state index is 0.00424. The summed E-state index contributed by atoms with van der Waals surface area (Å²) in [5.74, 6) is 0.564. The first-order chi connectivity index (χ1) is 17.0. The highest BCUT2D eigenvalue weighted by Crippen LogP contribution is 2.50. The number of carboxylic acid groups (broad SMARTS) is 1.